The van der Waals surface area contributed by atoms with Gasteiger partial charge in [-0.2, -0.15) is 0 Å². The van der Waals surface area contributed by atoms with Gasteiger partial charge in [-0.1, -0.05) is 71.7 Å². The van der Waals surface area contributed by atoms with E-state index < -0.39 is 23.9 Å². The molecule has 5 rings (SSSR count). The number of carboxylic acid groups (broad SMARTS) is 1. The van der Waals surface area contributed by atoms with Gasteiger partial charge in [-0.05, 0) is 66.5 Å². The van der Waals surface area contributed by atoms with E-state index in [1.165, 1.54) is 16.7 Å². The predicted molar refractivity (Wildman–Crippen MR) is 155 cm³/mol. The normalized spacial score (nSPS) is 18.1. The molecular weight excluding hydrogens is 551 g/mol. The lowest BCUT2D eigenvalue weighted by Gasteiger charge is -2.27. The summed E-state index contributed by atoms with van der Waals surface area (Å²) in [5.74, 6) is -2.05. The molecule has 0 saturated carbocycles. The van der Waals surface area contributed by atoms with Crippen LogP contribution in [0.2, 0.25) is 10.0 Å². The van der Waals surface area contributed by atoms with Crippen LogP contribution >= 0.6 is 23.2 Å². The molecule has 2 aliphatic rings. The Hall–Kier alpha value is -3.75. The fourth-order valence-corrected chi connectivity index (χ4v) is 6.05. The van der Waals surface area contributed by atoms with E-state index >= 15 is 0 Å². The Labute approximate surface area is 242 Å². The fraction of sp³-hybridized carbons (Fsp3) is 0.300. The van der Waals surface area contributed by atoms with Crippen molar-refractivity contribution in [2.24, 2.45) is 0 Å². The number of carbonyl (C=O) groups excluding carboxylic acids is 2. The van der Waals surface area contributed by atoms with Crippen LogP contribution in [0.5, 0.6) is 0 Å². The van der Waals surface area contributed by atoms with Gasteiger partial charge in [0, 0.05) is 6.04 Å². The first-order valence-corrected chi connectivity index (χ1v) is 14.0. The lowest BCUT2D eigenvalue weighted by Crippen LogP contribution is -2.50. The largest absolute Gasteiger partial charge is 0.480 e. The van der Waals surface area contributed by atoms with E-state index in [1.807, 2.05) is 36.4 Å². The van der Waals surface area contributed by atoms with Crippen LogP contribution in [-0.4, -0.2) is 41.6 Å². The van der Waals surface area contributed by atoms with Gasteiger partial charge in [0.15, 0.2) is 0 Å². The molecule has 0 spiro atoms. The number of benzene rings is 3. The van der Waals surface area contributed by atoms with Gasteiger partial charge in [0.05, 0.1) is 33.9 Å². The van der Waals surface area contributed by atoms with Gasteiger partial charge in [0.25, 0.3) is 5.91 Å². The Morgan fingerprint density at radius 3 is 2.38 bits per heavy atom. The molecule has 10 heteroatoms. The number of amides is 3. The summed E-state index contributed by atoms with van der Waals surface area (Å²) in [5.41, 5.74) is 5.35. The summed E-state index contributed by atoms with van der Waals surface area (Å²) in [4.78, 5) is 37.6. The number of carbonyl (C=O) groups is 3. The lowest BCUT2D eigenvalue weighted by molar-refractivity contribution is -0.139. The topological polar surface area (TPSA) is 120 Å². The van der Waals surface area contributed by atoms with Crippen molar-refractivity contribution < 1.29 is 19.5 Å². The zero-order chi connectivity index (χ0) is 28.2. The zero-order valence-corrected chi connectivity index (χ0v) is 23.2. The summed E-state index contributed by atoms with van der Waals surface area (Å²) in [7, 11) is 0. The first-order chi connectivity index (χ1) is 19.3. The number of urea groups is 1. The van der Waals surface area contributed by atoms with Gasteiger partial charge in [-0.15, -0.1) is 0 Å². The Morgan fingerprint density at radius 1 is 0.900 bits per heavy atom. The first kappa shape index (κ1) is 27.8. The van der Waals surface area contributed by atoms with Crippen LogP contribution in [0.15, 0.2) is 60.7 Å². The highest BCUT2D eigenvalue weighted by Crippen LogP contribution is 2.34. The molecule has 3 aromatic carbocycles. The van der Waals surface area contributed by atoms with Gasteiger partial charge in [-0.25, -0.2) is 9.59 Å². The van der Waals surface area contributed by atoms with Gasteiger partial charge in [-0.3, -0.25) is 4.79 Å². The highest BCUT2D eigenvalue weighted by atomic mass is 35.5. The van der Waals surface area contributed by atoms with E-state index in [0.717, 1.165) is 37.7 Å². The first-order valence-electron chi connectivity index (χ1n) is 13.3. The molecule has 8 nitrogen and oxygen atoms in total. The number of anilines is 1. The minimum atomic E-state index is -1.40. The molecule has 3 atom stereocenters. The molecule has 2 aliphatic carbocycles. The number of hydrogen-bond acceptors (Lipinski definition) is 4. The third-order valence-corrected chi connectivity index (χ3v) is 8.24. The molecule has 0 radical (unpaired) electrons. The van der Waals surface area contributed by atoms with Crippen LogP contribution in [0.25, 0.3) is 0 Å². The Kier molecular flexibility index (Phi) is 8.47. The predicted octanol–water partition coefficient (Wildman–Crippen LogP) is 5.13. The molecule has 0 fully saturated rings. The monoisotopic (exact) mass is 580 g/mol. The molecule has 208 valence electrons. The Bertz CT molecular complexity index is 1450. The summed E-state index contributed by atoms with van der Waals surface area (Å²) in [6.07, 6.45) is 4.27. The number of carboxylic acids is 1. The molecule has 3 amide bonds. The maximum atomic E-state index is 13.2. The van der Waals surface area contributed by atoms with Crippen LogP contribution in [0.4, 0.5) is 10.5 Å². The minimum absolute atomic E-state index is 0.0252. The molecule has 40 heavy (non-hydrogen) atoms. The second-order valence-corrected chi connectivity index (χ2v) is 10.9. The zero-order valence-electron chi connectivity index (χ0n) is 21.7. The molecule has 0 aromatic heterocycles. The summed E-state index contributed by atoms with van der Waals surface area (Å²) in [6, 6.07) is 17.5. The van der Waals surface area contributed by atoms with Crippen LogP contribution < -0.4 is 21.3 Å². The number of nitrogens with one attached hydrogen (secondary N) is 4. The van der Waals surface area contributed by atoms with E-state index in [0.29, 0.717) is 5.69 Å². The third kappa shape index (κ3) is 6.18. The summed E-state index contributed by atoms with van der Waals surface area (Å²) in [6.45, 7) is -0.323. The van der Waals surface area contributed by atoms with Crippen LogP contribution in [0, 0.1) is 0 Å². The van der Waals surface area contributed by atoms with Crippen molar-refractivity contribution in [1.82, 2.24) is 16.0 Å². The van der Waals surface area contributed by atoms with Crippen molar-refractivity contribution in [2.75, 3.05) is 11.9 Å². The Balaban J connectivity index is 1.21. The van der Waals surface area contributed by atoms with Gasteiger partial charge >= 0.3 is 12.0 Å². The standard InChI is InChI=1S/C30H30Cl2N4O4/c31-22-12-14-24(34-20-11-9-17-5-1-2-7-19(17)15-20)27(32)26(22)28(37)35-25(29(38)39)16-33-30(40)36-23-13-10-18-6-3-4-8-21(18)23/h1-8,12,14,20,23,25,34H,9-11,13,15-16H2,(H,35,37)(H,38,39)(H2,33,36,40). The van der Waals surface area contributed by atoms with Crippen molar-refractivity contribution in [2.45, 2.75) is 50.2 Å². The van der Waals surface area contributed by atoms with Gasteiger partial charge in [0.1, 0.15) is 6.04 Å². The van der Waals surface area contributed by atoms with Crippen LogP contribution in [-0.2, 0) is 24.1 Å². The SMILES string of the molecule is O=C(NCC(NC(=O)c1c(Cl)ccc(NC2CCc3ccccc3C2)c1Cl)C(=O)O)NC1CCc2ccccc21. The quantitative estimate of drug-likeness (QED) is 0.253. The average molecular weight is 582 g/mol. The highest BCUT2D eigenvalue weighted by Gasteiger charge is 2.28. The van der Waals surface area contributed by atoms with Gasteiger partial charge < -0.3 is 26.4 Å². The molecule has 0 heterocycles. The van der Waals surface area contributed by atoms with Crippen molar-refractivity contribution in [1.29, 1.82) is 0 Å². The maximum absolute atomic E-state index is 13.2. The molecule has 3 aromatic rings. The second-order valence-electron chi connectivity index (χ2n) is 10.1. The Morgan fingerprint density at radius 2 is 1.60 bits per heavy atom. The van der Waals surface area contributed by atoms with Crippen molar-refractivity contribution in [3.8, 4) is 0 Å². The van der Waals surface area contributed by atoms with Crippen LogP contribution in [0.3, 0.4) is 0 Å². The van der Waals surface area contributed by atoms with E-state index in [2.05, 4.69) is 33.4 Å². The van der Waals surface area contributed by atoms with E-state index in [-0.39, 0.29) is 34.2 Å². The molecule has 5 N–H and O–H groups in total. The van der Waals surface area contributed by atoms with E-state index in [1.54, 1.807) is 12.1 Å². The molecular formula is C30H30Cl2N4O4. The molecule has 0 bridgehead atoms. The number of fused-ring (bicyclic) bond motifs is 2. The number of hydrogen-bond donors (Lipinski definition) is 5. The lowest BCUT2D eigenvalue weighted by atomic mass is 9.88. The number of rotatable bonds is 8. The number of halogens is 2. The van der Waals surface area contributed by atoms with Crippen molar-refractivity contribution in [3.05, 3.63) is 98.5 Å². The number of aryl methyl sites for hydroxylation is 2. The third-order valence-electron chi connectivity index (χ3n) is 7.53. The maximum Gasteiger partial charge on any atom is 0.328 e. The van der Waals surface area contributed by atoms with E-state index in [4.69, 9.17) is 23.2 Å². The molecule has 0 aliphatic heterocycles. The summed E-state index contributed by atoms with van der Waals surface area (Å²) in [5, 5.41) is 21.2. The smallest absolute Gasteiger partial charge is 0.328 e. The summed E-state index contributed by atoms with van der Waals surface area (Å²) < 4.78 is 0. The highest BCUT2D eigenvalue weighted by molar-refractivity contribution is 6.41. The van der Waals surface area contributed by atoms with E-state index in [9.17, 15) is 19.5 Å². The number of aliphatic carboxylic acids is 1. The van der Waals surface area contributed by atoms with Gasteiger partial charge in [0.2, 0.25) is 0 Å². The second kappa shape index (κ2) is 12.2. The molecule has 3 unspecified atom stereocenters. The average Bonchev–Trinajstić information content (AvgIpc) is 3.35. The minimum Gasteiger partial charge on any atom is -0.480 e. The van der Waals surface area contributed by atoms with Crippen molar-refractivity contribution in [3.63, 3.8) is 0 Å². The van der Waals surface area contributed by atoms with Crippen molar-refractivity contribution >= 4 is 46.8 Å². The fourth-order valence-electron chi connectivity index (χ4n) is 5.45. The molecule has 0 saturated heterocycles. The summed E-state index contributed by atoms with van der Waals surface area (Å²) >= 11 is 13.0. The van der Waals surface area contributed by atoms with Crippen LogP contribution in [0.1, 0.15) is 51.5 Å².